The van der Waals surface area contributed by atoms with E-state index in [1.54, 1.807) is 36.4 Å². The molecule has 0 spiro atoms. The van der Waals surface area contributed by atoms with Crippen LogP contribution in [0.3, 0.4) is 0 Å². The van der Waals surface area contributed by atoms with Gasteiger partial charge in [0, 0.05) is 17.6 Å². The summed E-state index contributed by atoms with van der Waals surface area (Å²) in [5, 5.41) is 9.70. The van der Waals surface area contributed by atoms with Gasteiger partial charge in [0.1, 0.15) is 11.9 Å². The molecule has 0 aliphatic rings. The zero-order valence-corrected chi connectivity index (χ0v) is 12.0. The molecule has 0 N–H and O–H groups in total. The molecule has 1 atom stereocenters. The number of nitriles is 1. The molecule has 2 aromatic rings. The van der Waals surface area contributed by atoms with Crippen molar-refractivity contribution in [2.45, 2.75) is 13.0 Å². The number of halogens is 2. The Labute approximate surface area is 123 Å². The Balaban J connectivity index is 2.39. The Morgan fingerprint density at radius 2 is 1.95 bits per heavy atom. The van der Waals surface area contributed by atoms with Crippen LogP contribution >= 0.6 is 11.6 Å². The van der Waals surface area contributed by atoms with E-state index in [1.165, 1.54) is 6.07 Å². The minimum atomic E-state index is -0.251. The Morgan fingerprint density at radius 1 is 1.25 bits per heavy atom. The van der Waals surface area contributed by atoms with Gasteiger partial charge < -0.3 is 4.90 Å². The maximum absolute atomic E-state index is 13.8. The summed E-state index contributed by atoms with van der Waals surface area (Å²) in [6.07, 6.45) is 0. The van der Waals surface area contributed by atoms with Crippen molar-refractivity contribution in [3.63, 3.8) is 0 Å². The van der Waals surface area contributed by atoms with E-state index < -0.39 is 0 Å². The second-order valence-electron chi connectivity index (χ2n) is 4.58. The first-order valence-corrected chi connectivity index (χ1v) is 6.59. The molecule has 102 valence electrons. The van der Waals surface area contributed by atoms with E-state index in [9.17, 15) is 9.65 Å². The summed E-state index contributed by atoms with van der Waals surface area (Å²) in [6, 6.07) is 13.7. The van der Waals surface area contributed by atoms with Crippen LogP contribution in [0.15, 0.2) is 42.5 Å². The van der Waals surface area contributed by atoms with Crippen LogP contribution in [0.1, 0.15) is 24.1 Å². The third kappa shape index (κ3) is 2.76. The van der Waals surface area contributed by atoms with Crippen molar-refractivity contribution < 1.29 is 4.39 Å². The van der Waals surface area contributed by atoms with Crippen LogP contribution in [0.2, 0.25) is 5.02 Å². The Bertz CT molecular complexity index is 664. The molecule has 20 heavy (non-hydrogen) atoms. The van der Waals surface area contributed by atoms with Gasteiger partial charge >= 0.3 is 0 Å². The van der Waals surface area contributed by atoms with Gasteiger partial charge in [-0.15, -0.1) is 0 Å². The summed E-state index contributed by atoms with van der Waals surface area (Å²) in [5.41, 5.74) is 1.80. The van der Waals surface area contributed by atoms with Crippen LogP contribution in [0.25, 0.3) is 0 Å². The van der Waals surface area contributed by atoms with E-state index in [4.69, 9.17) is 11.6 Å². The molecule has 4 heteroatoms. The van der Waals surface area contributed by atoms with Crippen molar-refractivity contribution in [1.29, 1.82) is 5.26 Å². The van der Waals surface area contributed by atoms with E-state index >= 15 is 0 Å². The highest BCUT2D eigenvalue weighted by molar-refractivity contribution is 6.30. The predicted octanol–water partition coefficient (Wildman–Crippen LogP) is 4.55. The molecule has 0 radical (unpaired) electrons. The van der Waals surface area contributed by atoms with Crippen LogP contribution < -0.4 is 4.90 Å². The summed E-state index contributed by atoms with van der Waals surface area (Å²) in [4.78, 5) is 1.87. The number of anilines is 1. The van der Waals surface area contributed by atoms with E-state index in [1.807, 2.05) is 18.9 Å². The van der Waals surface area contributed by atoms with Gasteiger partial charge in [0.2, 0.25) is 0 Å². The molecule has 0 fully saturated rings. The smallest absolute Gasteiger partial charge is 0.128 e. The van der Waals surface area contributed by atoms with Crippen molar-refractivity contribution in [2.24, 2.45) is 0 Å². The minimum Gasteiger partial charge on any atom is -0.367 e. The molecule has 0 aliphatic carbocycles. The molecule has 0 bridgehead atoms. The van der Waals surface area contributed by atoms with Gasteiger partial charge in [0.15, 0.2) is 0 Å². The van der Waals surface area contributed by atoms with Crippen molar-refractivity contribution in [1.82, 2.24) is 0 Å². The molecule has 0 aromatic heterocycles. The largest absolute Gasteiger partial charge is 0.367 e. The lowest BCUT2D eigenvalue weighted by molar-refractivity contribution is 0.585. The Hall–Kier alpha value is -2.05. The number of rotatable bonds is 3. The molecule has 0 saturated carbocycles. The highest BCUT2D eigenvalue weighted by atomic mass is 35.5. The zero-order chi connectivity index (χ0) is 14.7. The van der Waals surface area contributed by atoms with Crippen molar-refractivity contribution in [3.8, 4) is 6.07 Å². The summed E-state index contributed by atoms with van der Waals surface area (Å²) >= 11 is 5.89. The topological polar surface area (TPSA) is 27.0 Å². The Morgan fingerprint density at radius 3 is 2.60 bits per heavy atom. The van der Waals surface area contributed by atoms with Crippen molar-refractivity contribution in [3.05, 3.63) is 64.4 Å². The highest BCUT2D eigenvalue weighted by Gasteiger charge is 2.18. The van der Waals surface area contributed by atoms with E-state index in [0.29, 0.717) is 16.1 Å². The average molecular weight is 289 g/mol. The van der Waals surface area contributed by atoms with E-state index in [2.05, 4.69) is 6.07 Å². The van der Waals surface area contributed by atoms with Crippen molar-refractivity contribution in [2.75, 3.05) is 11.9 Å². The van der Waals surface area contributed by atoms with Crippen LogP contribution in [-0.2, 0) is 0 Å². The number of hydrogen-bond acceptors (Lipinski definition) is 2. The summed E-state index contributed by atoms with van der Waals surface area (Å²) in [5.74, 6) is -0.251. The fraction of sp³-hybridized carbons (Fsp3) is 0.188. The summed E-state index contributed by atoms with van der Waals surface area (Å²) < 4.78 is 13.8. The lowest BCUT2D eigenvalue weighted by atomic mass is 10.0. The molecule has 0 amide bonds. The second kappa shape index (κ2) is 5.94. The monoisotopic (exact) mass is 288 g/mol. The molecular formula is C16H14ClFN2. The van der Waals surface area contributed by atoms with Gasteiger partial charge in [-0.05, 0) is 31.2 Å². The molecule has 0 heterocycles. The SMILES string of the molecule is CC(c1ccccc1F)N(C)c1ccc(Cl)cc1C#N. The molecule has 0 aliphatic heterocycles. The van der Waals surface area contributed by atoms with Gasteiger partial charge in [0.25, 0.3) is 0 Å². The first kappa shape index (κ1) is 14.4. The first-order valence-electron chi connectivity index (χ1n) is 6.21. The normalized spacial score (nSPS) is 11.8. The molecule has 2 aromatic carbocycles. The quantitative estimate of drug-likeness (QED) is 0.828. The fourth-order valence-corrected chi connectivity index (χ4v) is 2.31. The first-order chi connectivity index (χ1) is 9.54. The molecule has 1 unspecified atom stereocenters. The predicted molar refractivity (Wildman–Crippen MR) is 79.4 cm³/mol. The lowest BCUT2D eigenvalue weighted by Gasteiger charge is -2.28. The molecule has 2 rings (SSSR count). The molecular weight excluding hydrogens is 275 g/mol. The number of benzene rings is 2. The Kier molecular flexibility index (Phi) is 4.26. The summed E-state index contributed by atoms with van der Waals surface area (Å²) in [7, 11) is 1.83. The fourth-order valence-electron chi connectivity index (χ4n) is 2.14. The third-order valence-electron chi connectivity index (χ3n) is 3.40. The maximum Gasteiger partial charge on any atom is 0.128 e. The zero-order valence-electron chi connectivity index (χ0n) is 11.3. The van der Waals surface area contributed by atoms with E-state index in [0.717, 1.165) is 5.69 Å². The van der Waals surface area contributed by atoms with Gasteiger partial charge in [-0.3, -0.25) is 0 Å². The average Bonchev–Trinajstić information content (AvgIpc) is 2.46. The van der Waals surface area contributed by atoms with Crippen molar-refractivity contribution >= 4 is 17.3 Å². The van der Waals surface area contributed by atoms with E-state index in [-0.39, 0.29) is 11.9 Å². The second-order valence-corrected chi connectivity index (χ2v) is 5.02. The molecule has 0 saturated heterocycles. The number of hydrogen-bond donors (Lipinski definition) is 0. The lowest BCUT2D eigenvalue weighted by Crippen LogP contribution is -2.23. The van der Waals surface area contributed by atoms with Crippen LogP contribution in [0.5, 0.6) is 0 Å². The van der Waals surface area contributed by atoms with Crippen LogP contribution in [0, 0.1) is 17.1 Å². The third-order valence-corrected chi connectivity index (χ3v) is 3.63. The van der Waals surface area contributed by atoms with Gasteiger partial charge in [0.05, 0.1) is 17.3 Å². The highest BCUT2D eigenvalue weighted by Crippen LogP contribution is 2.30. The van der Waals surface area contributed by atoms with Gasteiger partial charge in [-0.2, -0.15) is 5.26 Å². The van der Waals surface area contributed by atoms with Crippen LogP contribution in [-0.4, -0.2) is 7.05 Å². The number of nitrogens with zero attached hydrogens (tertiary/aromatic N) is 2. The minimum absolute atomic E-state index is 0.190. The maximum atomic E-state index is 13.8. The van der Waals surface area contributed by atoms with Crippen LogP contribution in [0.4, 0.5) is 10.1 Å². The summed E-state index contributed by atoms with van der Waals surface area (Å²) in [6.45, 7) is 1.90. The van der Waals surface area contributed by atoms with Gasteiger partial charge in [-0.25, -0.2) is 4.39 Å². The van der Waals surface area contributed by atoms with Gasteiger partial charge in [-0.1, -0.05) is 29.8 Å². The molecule has 2 nitrogen and oxygen atoms in total. The standard InChI is InChI=1S/C16H14ClFN2/c1-11(14-5-3-4-6-15(14)18)20(2)16-8-7-13(17)9-12(16)10-19/h3-9,11H,1-2H3.